The lowest BCUT2D eigenvalue weighted by Gasteiger charge is -2.15. The van der Waals surface area contributed by atoms with Gasteiger partial charge in [0, 0.05) is 21.2 Å². The molecule has 1 heteroatoms. The first kappa shape index (κ1) is 13.6. The van der Waals surface area contributed by atoms with E-state index in [1.807, 2.05) is 48.5 Å². The third-order valence-electron chi connectivity index (χ3n) is 3.13. The lowest BCUT2D eigenvalue weighted by molar-refractivity contribution is 0.365. The third-order valence-corrected chi connectivity index (χ3v) is 3.13. The molecule has 0 fully saturated rings. The number of rotatable bonds is 4. The fourth-order valence-corrected chi connectivity index (χ4v) is 2.10. The molecule has 0 spiro atoms. The fourth-order valence-electron chi connectivity index (χ4n) is 2.10. The van der Waals surface area contributed by atoms with Gasteiger partial charge in [-0.3, -0.25) is 4.90 Å². The molecule has 2 rings (SSSR count). The highest BCUT2D eigenvalue weighted by molar-refractivity contribution is 5.85. The second kappa shape index (κ2) is 7.29. The van der Waals surface area contributed by atoms with Crippen molar-refractivity contribution >= 4 is 10.8 Å². The Labute approximate surface area is 137 Å². The van der Waals surface area contributed by atoms with E-state index in [0.717, 1.165) is 10.8 Å². The Balaban J connectivity index is 2.19. The molecule has 0 aliphatic rings. The van der Waals surface area contributed by atoms with Gasteiger partial charge in [0.05, 0.1) is 0 Å². The van der Waals surface area contributed by atoms with E-state index in [0.29, 0.717) is 12.1 Å². The zero-order chi connectivity index (χ0) is 17.8. The Morgan fingerprint density at radius 1 is 1.14 bits per heavy atom. The van der Waals surface area contributed by atoms with Gasteiger partial charge >= 0.3 is 0 Å². The van der Waals surface area contributed by atoms with E-state index in [4.69, 9.17) is 2.74 Å². The van der Waals surface area contributed by atoms with E-state index in [1.165, 1.54) is 0 Å². The molecule has 114 valence electrons. The molecule has 0 atom stereocenters. The Kier molecular flexibility index (Phi) is 4.51. The Morgan fingerprint density at radius 3 is 2.64 bits per heavy atom. The van der Waals surface area contributed by atoms with Gasteiger partial charge in [-0.2, -0.15) is 0 Å². The van der Waals surface area contributed by atoms with Crippen molar-refractivity contribution in [3.8, 4) is 11.8 Å². The van der Waals surface area contributed by atoms with Crippen LogP contribution in [0.3, 0.4) is 0 Å². The highest BCUT2D eigenvalue weighted by Crippen LogP contribution is 2.19. The first-order valence-electron chi connectivity index (χ1n) is 8.59. The van der Waals surface area contributed by atoms with Crippen LogP contribution in [0.2, 0.25) is 0 Å². The number of nitrogens with zero attached hydrogens (tertiary/aromatic N) is 1. The molecule has 0 unspecified atom stereocenters. The molecular weight excluding hydrogens is 266 g/mol. The highest BCUT2D eigenvalue weighted by Gasteiger charge is 2.03. The van der Waals surface area contributed by atoms with Gasteiger partial charge in [-0.05, 0) is 50.2 Å². The minimum absolute atomic E-state index is 0.0200. The van der Waals surface area contributed by atoms with Crippen LogP contribution in [0.4, 0.5) is 0 Å². The molecule has 0 aliphatic heterocycles. The number of allylic oxidation sites excluding steroid dienone is 1. The van der Waals surface area contributed by atoms with Gasteiger partial charge in [-0.25, -0.2) is 0 Å². The van der Waals surface area contributed by atoms with Crippen LogP contribution in [0.15, 0.2) is 54.6 Å². The molecule has 2 aromatic rings. The number of hydrogen-bond donors (Lipinski definition) is 0. The number of fused-ring (bicyclic) bond motifs is 1. The van der Waals surface area contributed by atoms with Gasteiger partial charge in [0.1, 0.15) is 0 Å². The van der Waals surface area contributed by atoms with Gasteiger partial charge in [0.25, 0.3) is 0 Å². The summed E-state index contributed by atoms with van der Waals surface area (Å²) in [4.78, 5) is 1.70. The first-order chi connectivity index (χ1) is 11.2. The van der Waals surface area contributed by atoms with Gasteiger partial charge in [-0.15, -0.1) is 0 Å². The monoisotopic (exact) mass is 293 g/mol. The average Bonchev–Trinajstić information content (AvgIpc) is 2.52. The quantitative estimate of drug-likeness (QED) is 0.726. The standard InChI is InChI=1S/C21H25N/c1-21(2,3)15-8-5-9-16-22(4)17-19-13-10-12-18-11-6-7-14-20(18)19/h5-7,9-14H,16-17H2,1-4H3/b9-5+/i17D2. The minimum atomic E-state index is -1.55. The van der Waals surface area contributed by atoms with Crippen LogP contribution in [-0.4, -0.2) is 18.5 Å². The van der Waals surface area contributed by atoms with Crippen molar-refractivity contribution in [2.75, 3.05) is 13.6 Å². The molecule has 0 saturated heterocycles. The summed E-state index contributed by atoms with van der Waals surface area (Å²) in [6.07, 6.45) is 3.71. The van der Waals surface area contributed by atoms with Crippen molar-refractivity contribution in [2.24, 2.45) is 5.41 Å². The van der Waals surface area contributed by atoms with Crippen molar-refractivity contribution in [1.82, 2.24) is 4.90 Å². The molecule has 0 aliphatic carbocycles. The van der Waals surface area contributed by atoms with E-state index < -0.39 is 6.50 Å². The van der Waals surface area contributed by atoms with Crippen LogP contribution in [0.1, 0.15) is 29.1 Å². The highest BCUT2D eigenvalue weighted by atomic mass is 15.1. The predicted octanol–water partition coefficient (Wildman–Crippen LogP) is 4.88. The molecule has 1 nitrogen and oxygen atoms in total. The van der Waals surface area contributed by atoms with E-state index in [-0.39, 0.29) is 5.41 Å². The largest absolute Gasteiger partial charge is 0.298 e. The smallest absolute Gasteiger partial charge is 0.0481 e. The summed E-state index contributed by atoms with van der Waals surface area (Å²) in [6.45, 7) is 5.15. The van der Waals surface area contributed by atoms with E-state index in [1.54, 1.807) is 18.0 Å². The first-order valence-corrected chi connectivity index (χ1v) is 7.59. The Morgan fingerprint density at radius 2 is 1.86 bits per heavy atom. The maximum atomic E-state index is 8.56. The molecule has 0 radical (unpaired) electrons. The predicted molar refractivity (Wildman–Crippen MR) is 96.7 cm³/mol. The number of benzene rings is 2. The zero-order valence-electron chi connectivity index (χ0n) is 15.9. The van der Waals surface area contributed by atoms with Gasteiger partial charge in [-0.1, -0.05) is 60.4 Å². The second-order valence-corrected chi connectivity index (χ2v) is 6.44. The van der Waals surface area contributed by atoms with E-state index in [9.17, 15) is 0 Å². The van der Waals surface area contributed by atoms with Crippen molar-refractivity contribution in [3.63, 3.8) is 0 Å². The Bertz CT molecular complexity index is 783. The normalized spacial score (nSPS) is 13.9. The van der Waals surface area contributed by atoms with Crippen LogP contribution >= 0.6 is 0 Å². The van der Waals surface area contributed by atoms with Crippen LogP contribution < -0.4 is 0 Å². The summed E-state index contributed by atoms with van der Waals surface area (Å²) >= 11 is 0. The van der Waals surface area contributed by atoms with Crippen LogP contribution in [0.25, 0.3) is 10.8 Å². The Hall–Kier alpha value is -2.04. The molecule has 0 bridgehead atoms. The minimum Gasteiger partial charge on any atom is -0.298 e. The zero-order valence-corrected chi connectivity index (χ0v) is 13.9. The van der Waals surface area contributed by atoms with Crippen LogP contribution in [0, 0.1) is 17.3 Å². The average molecular weight is 293 g/mol. The molecule has 0 heterocycles. The van der Waals surface area contributed by atoms with Crippen LogP contribution in [0.5, 0.6) is 0 Å². The van der Waals surface area contributed by atoms with Crippen molar-refractivity contribution in [1.29, 1.82) is 0 Å². The summed E-state index contributed by atoms with van der Waals surface area (Å²) in [5.41, 5.74) is 0.672. The molecule has 22 heavy (non-hydrogen) atoms. The summed E-state index contributed by atoms with van der Waals surface area (Å²) in [5, 5.41) is 2.01. The molecule has 0 aromatic heterocycles. The molecule has 0 saturated carbocycles. The second-order valence-electron chi connectivity index (χ2n) is 6.44. The van der Waals surface area contributed by atoms with Gasteiger partial charge in [0.2, 0.25) is 0 Å². The van der Waals surface area contributed by atoms with Crippen molar-refractivity contribution < 1.29 is 2.74 Å². The lowest BCUT2D eigenvalue weighted by Crippen LogP contribution is -2.17. The number of likely N-dealkylation sites (N-methyl/N-ethyl adjacent to an activating group) is 1. The van der Waals surface area contributed by atoms with Crippen molar-refractivity contribution in [2.45, 2.75) is 27.3 Å². The molecular formula is C21H25N. The van der Waals surface area contributed by atoms with Gasteiger partial charge < -0.3 is 0 Å². The maximum absolute atomic E-state index is 8.56. The molecule has 0 amide bonds. The summed E-state index contributed by atoms with van der Waals surface area (Å²) < 4.78 is 17.1. The SMILES string of the molecule is [2H]C([2H])(c1cccc2ccccc12)N(C)C/C=C/C#CC(C)(C)C. The molecule has 0 N–H and O–H groups in total. The maximum Gasteiger partial charge on any atom is 0.0481 e. The van der Waals surface area contributed by atoms with E-state index in [2.05, 4.69) is 32.6 Å². The fraction of sp³-hybridized carbons (Fsp3) is 0.333. The van der Waals surface area contributed by atoms with Crippen LogP contribution in [-0.2, 0) is 6.50 Å². The summed E-state index contributed by atoms with van der Waals surface area (Å²) in [7, 11) is 1.79. The van der Waals surface area contributed by atoms with Crippen molar-refractivity contribution in [3.05, 3.63) is 60.2 Å². The third kappa shape index (κ3) is 5.06. The van der Waals surface area contributed by atoms with Gasteiger partial charge in [0.15, 0.2) is 0 Å². The van der Waals surface area contributed by atoms with E-state index >= 15 is 0 Å². The lowest BCUT2D eigenvalue weighted by atomic mass is 9.98. The summed E-state index contributed by atoms with van der Waals surface area (Å²) in [6, 6.07) is 13.7. The summed E-state index contributed by atoms with van der Waals surface area (Å²) in [5.74, 6) is 6.16. The topological polar surface area (TPSA) is 3.24 Å². The molecule has 2 aromatic carbocycles. The number of hydrogen-bond acceptors (Lipinski definition) is 1.